The molecule has 1 aliphatic heterocycles. The number of carbonyl (C=O) groups excluding carboxylic acids is 1. The van der Waals surface area contributed by atoms with E-state index in [1.165, 1.54) is 0 Å². The van der Waals surface area contributed by atoms with E-state index in [4.69, 9.17) is 10.8 Å². The van der Waals surface area contributed by atoms with Crippen LogP contribution in [0.4, 0.5) is 0 Å². The van der Waals surface area contributed by atoms with Gasteiger partial charge in [0.15, 0.2) is 5.66 Å². The molecule has 5 N–H and O–H groups in total. The topological polar surface area (TPSA) is 104 Å². The zero-order valence-electron chi connectivity index (χ0n) is 7.17. The second-order valence-corrected chi connectivity index (χ2v) is 2.99. The average molecular weight is 187 g/mol. The van der Waals surface area contributed by atoms with Crippen LogP contribution in [0.25, 0.3) is 0 Å². The molecule has 74 valence electrons. The first kappa shape index (κ1) is 9.94. The van der Waals surface area contributed by atoms with Gasteiger partial charge in [-0.25, -0.2) is 4.79 Å². The number of amides is 1. The third-order valence-corrected chi connectivity index (χ3v) is 2.06. The molecule has 1 fully saturated rings. The van der Waals surface area contributed by atoms with Crippen molar-refractivity contribution >= 4 is 11.9 Å². The third-order valence-electron chi connectivity index (χ3n) is 2.06. The maximum atomic E-state index is 10.9. The van der Waals surface area contributed by atoms with Gasteiger partial charge in [-0.3, -0.25) is 10.1 Å². The molecule has 0 spiro atoms. The molecule has 0 radical (unpaired) electrons. The molecular formula is C7H13N3O3. The molecule has 6 heteroatoms. The highest BCUT2D eigenvalue weighted by atomic mass is 16.4. The number of nitrogens with two attached hydrogens (primary N) is 1. The Bertz CT molecular complexity index is 223. The van der Waals surface area contributed by atoms with Gasteiger partial charge in [0, 0.05) is 0 Å². The normalized spacial score (nSPS) is 27.2. The van der Waals surface area contributed by atoms with E-state index >= 15 is 0 Å². The fourth-order valence-corrected chi connectivity index (χ4v) is 1.38. The lowest BCUT2D eigenvalue weighted by Crippen LogP contribution is -2.61. The summed E-state index contributed by atoms with van der Waals surface area (Å²) in [5, 5.41) is 14.0. The van der Waals surface area contributed by atoms with Crippen LogP contribution in [-0.2, 0) is 9.59 Å². The summed E-state index contributed by atoms with van der Waals surface area (Å²) in [5.74, 6) is -1.52. The Morgan fingerprint density at radius 3 is 2.69 bits per heavy atom. The van der Waals surface area contributed by atoms with Crippen LogP contribution in [0, 0.1) is 0 Å². The van der Waals surface area contributed by atoms with Gasteiger partial charge in [-0.1, -0.05) is 0 Å². The molecule has 1 saturated heterocycles. The summed E-state index contributed by atoms with van der Waals surface area (Å²) >= 11 is 0. The molecule has 1 heterocycles. The Hall–Kier alpha value is -1.14. The zero-order chi connectivity index (χ0) is 9.90. The monoisotopic (exact) mass is 187 g/mol. The predicted octanol–water partition coefficient (Wildman–Crippen LogP) is -1.77. The predicted molar refractivity (Wildman–Crippen MR) is 44.8 cm³/mol. The van der Waals surface area contributed by atoms with Crippen LogP contribution in [-0.4, -0.2) is 35.7 Å². The Labute approximate surface area is 75.5 Å². The van der Waals surface area contributed by atoms with E-state index in [0.717, 1.165) is 6.42 Å². The van der Waals surface area contributed by atoms with Gasteiger partial charge in [-0.2, -0.15) is 0 Å². The maximum absolute atomic E-state index is 10.9. The molecule has 0 aromatic heterocycles. The largest absolute Gasteiger partial charge is 0.478 e. The van der Waals surface area contributed by atoms with Crippen LogP contribution >= 0.6 is 0 Å². The van der Waals surface area contributed by atoms with Crippen molar-refractivity contribution in [1.82, 2.24) is 10.6 Å². The van der Waals surface area contributed by atoms with Crippen molar-refractivity contribution in [3.63, 3.8) is 0 Å². The van der Waals surface area contributed by atoms with E-state index in [0.29, 0.717) is 13.0 Å². The molecule has 6 nitrogen and oxygen atoms in total. The summed E-state index contributed by atoms with van der Waals surface area (Å²) in [5.41, 5.74) is 3.78. The van der Waals surface area contributed by atoms with Crippen LogP contribution in [0.5, 0.6) is 0 Å². The summed E-state index contributed by atoms with van der Waals surface area (Å²) < 4.78 is 0. The summed E-state index contributed by atoms with van der Waals surface area (Å²) in [6.45, 7) is 0.397. The van der Waals surface area contributed by atoms with E-state index in [-0.39, 0.29) is 6.54 Å². The van der Waals surface area contributed by atoms with Crippen molar-refractivity contribution in [1.29, 1.82) is 0 Å². The van der Waals surface area contributed by atoms with Crippen LogP contribution in [0.2, 0.25) is 0 Å². The second kappa shape index (κ2) is 3.71. The minimum Gasteiger partial charge on any atom is -0.478 e. The standard InChI is InChI=1S/C7H13N3O3/c8-4-5(11)10-7(6(12)13)2-1-3-9-7/h9H,1-4,8H2,(H,10,11)(H,12,13)/t7-/m0/s1. The first-order chi connectivity index (χ1) is 6.10. The highest BCUT2D eigenvalue weighted by molar-refractivity contribution is 5.87. The smallest absolute Gasteiger partial charge is 0.344 e. The maximum Gasteiger partial charge on any atom is 0.344 e. The molecule has 0 aromatic carbocycles. The molecule has 1 atom stereocenters. The van der Waals surface area contributed by atoms with E-state index < -0.39 is 17.5 Å². The minimum absolute atomic E-state index is 0.198. The van der Waals surface area contributed by atoms with Gasteiger partial charge >= 0.3 is 5.97 Å². The number of carboxylic acids is 1. The van der Waals surface area contributed by atoms with E-state index in [2.05, 4.69) is 10.6 Å². The quantitative estimate of drug-likeness (QED) is 0.418. The van der Waals surface area contributed by atoms with Crippen LogP contribution < -0.4 is 16.4 Å². The molecule has 0 bridgehead atoms. The van der Waals surface area contributed by atoms with Crippen molar-refractivity contribution in [2.75, 3.05) is 13.1 Å². The van der Waals surface area contributed by atoms with E-state index in [1.54, 1.807) is 0 Å². The summed E-state index contributed by atoms with van der Waals surface area (Å²) in [4.78, 5) is 21.8. The molecular weight excluding hydrogens is 174 g/mol. The van der Waals surface area contributed by atoms with Gasteiger partial charge in [-0.15, -0.1) is 0 Å². The number of carbonyl (C=O) groups is 2. The van der Waals surface area contributed by atoms with Crippen molar-refractivity contribution in [3.8, 4) is 0 Å². The molecule has 0 unspecified atom stereocenters. The van der Waals surface area contributed by atoms with Gasteiger partial charge in [0.25, 0.3) is 0 Å². The van der Waals surface area contributed by atoms with Gasteiger partial charge in [0.05, 0.1) is 6.54 Å². The van der Waals surface area contributed by atoms with Crippen molar-refractivity contribution < 1.29 is 14.7 Å². The molecule has 1 amide bonds. The number of carboxylic acid groups (broad SMARTS) is 1. The summed E-state index contributed by atoms with van der Waals surface area (Å²) in [6, 6.07) is 0. The Balaban J connectivity index is 2.68. The van der Waals surface area contributed by atoms with Crippen LogP contribution in [0.3, 0.4) is 0 Å². The molecule has 13 heavy (non-hydrogen) atoms. The van der Waals surface area contributed by atoms with Crippen molar-refractivity contribution in [2.24, 2.45) is 5.73 Å². The second-order valence-electron chi connectivity index (χ2n) is 2.99. The Kier molecular flexibility index (Phi) is 2.84. The minimum atomic E-state index is -1.30. The highest BCUT2D eigenvalue weighted by Crippen LogP contribution is 2.15. The Morgan fingerprint density at radius 2 is 2.31 bits per heavy atom. The van der Waals surface area contributed by atoms with E-state index in [9.17, 15) is 9.59 Å². The summed E-state index contributed by atoms with van der Waals surface area (Å²) in [7, 11) is 0. The van der Waals surface area contributed by atoms with Crippen LogP contribution in [0.15, 0.2) is 0 Å². The summed E-state index contributed by atoms with van der Waals surface area (Å²) in [6.07, 6.45) is 1.13. The molecule has 1 rings (SSSR count). The lowest BCUT2D eigenvalue weighted by atomic mass is 10.1. The SMILES string of the molecule is NCC(=O)N[C@]1(C(=O)O)CCCN1. The first-order valence-electron chi connectivity index (χ1n) is 4.10. The van der Waals surface area contributed by atoms with Crippen molar-refractivity contribution in [3.05, 3.63) is 0 Å². The van der Waals surface area contributed by atoms with Gasteiger partial charge < -0.3 is 16.2 Å². The van der Waals surface area contributed by atoms with Gasteiger partial charge in [0.1, 0.15) is 0 Å². The molecule has 1 aliphatic rings. The zero-order valence-corrected chi connectivity index (χ0v) is 7.17. The Morgan fingerprint density at radius 1 is 1.62 bits per heavy atom. The lowest BCUT2D eigenvalue weighted by molar-refractivity contribution is -0.148. The third kappa shape index (κ3) is 1.96. The molecule has 0 saturated carbocycles. The number of rotatable bonds is 3. The fraction of sp³-hybridized carbons (Fsp3) is 0.714. The number of hydrogen-bond acceptors (Lipinski definition) is 4. The van der Waals surface area contributed by atoms with Crippen LogP contribution in [0.1, 0.15) is 12.8 Å². The van der Waals surface area contributed by atoms with Gasteiger partial charge in [-0.05, 0) is 19.4 Å². The highest BCUT2D eigenvalue weighted by Gasteiger charge is 2.42. The number of hydrogen-bond donors (Lipinski definition) is 4. The average Bonchev–Trinajstić information content (AvgIpc) is 2.54. The van der Waals surface area contributed by atoms with Crippen molar-refractivity contribution in [2.45, 2.75) is 18.5 Å². The fourth-order valence-electron chi connectivity index (χ4n) is 1.38. The first-order valence-corrected chi connectivity index (χ1v) is 4.10. The van der Waals surface area contributed by atoms with Gasteiger partial charge in [0.2, 0.25) is 5.91 Å². The number of aliphatic carboxylic acids is 1. The van der Waals surface area contributed by atoms with E-state index in [1.807, 2.05) is 0 Å². The molecule has 0 aromatic rings. The molecule has 0 aliphatic carbocycles. The number of nitrogens with one attached hydrogen (secondary N) is 2. The lowest BCUT2D eigenvalue weighted by Gasteiger charge is -2.25.